The van der Waals surface area contributed by atoms with Crippen molar-refractivity contribution in [1.29, 1.82) is 0 Å². The molecule has 0 bridgehead atoms. The van der Waals surface area contributed by atoms with Crippen LogP contribution in [-0.2, 0) is 4.74 Å². The molecule has 1 aliphatic rings. The van der Waals surface area contributed by atoms with Crippen LogP contribution in [0.4, 0.5) is 10.5 Å². The standard InChI is InChI=1S/C12H16N2O4/c1-16-5-4-13-12(15)14-9-2-3-10-11(8-9)18-7-6-17-10/h2-3,8H,4-7H2,1H3,(H2,13,14,15). The second-order valence-corrected chi connectivity index (χ2v) is 3.73. The van der Waals surface area contributed by atoms with E-state index in [1.54, 1.807) is 25.3 Å². The molecular formula is C12H16N2O4. The maximum atomic E-state index is 11.5. The molecule has 1 aromatic carbocycles. The zero-order valence-corrected chi connectivity index (χ0v) is 10.2. The predicted molar refractivity (Wildman–Crippen MR) is 66.3 cm³/mol. The van der Waals surface area contributed by atoms with Crippen LogP contribution in [0.5, 0.6) is 11.5 Å². The molecule has 0 radical (unpaired) electrons. The summed E-state index contributed by atoms with van der Waals surface area (Å²) in [6.45, 7) is 2.02. The molecule has 0 atom stereocenters. The van der Waals surface area contributed by atoms with Gasteiger partial charge in [0.15, 0.2) is 11.5 Å². The van der Waals surface area contributed by atoms with Gasteiger partial charge in [-0.3, -0.25) is 0 Å². The van der Waals surface area contributed by atoms with Gasteiger partial charge in [0.1, 0.15) is 13.2 Å². The minimum atomic E-state index is -0.274. The van der Waals surface area contributed by atoms with Crippen LogP contribution in [0, 0.1) is 0 Å². The first-order valence-corrected chi connectivity index (χ1v) is 5.73. The first-order chi connectivity index (χ1) is 8.79. The van der Waals surface area contributed by atoms with Gasteiger partial charge in [0.05, 0.1) is 6.61 Å². The lowest BCUT2D eigenvalue weighted by Crippen LogP contribution is -2.31. The van der Waals surface area contributed by atoms with Gasteiger partial charge in [-0.2, -0.15) is 0 Å². The lowest BCUT2D eigenvalue weighted by Gasteiger charge is -2.19. The van der Waals surface area contributed by atoms with Gasteiger partial charge >= 0.3 is 6.03 Å². The third-order valence-electron chi connectivity index (χ3n) is 2.39. The number of anilines is 1. The molecule has 98 valence electrons. The van der Waals surface area contributed by atoms with E-state index in [0.717, 1.165) is 0 Å². The summed E-state index contributed by atoms with van der Waals surface area (Å²) in [5.41, 5.74) is 0.661. The van der Waals surface area contributed by atoms with Crippen LogP contribution in [0.15, 0.2) is 18.2 Å². The van der Waals surface area contributed by atoms with E-state index in [1.807, 2.05) is 0 Å². The predicted octanol–water partition coefficient (Wildman–Crippen LogP) is 1.23. The Morgan fingerprint density at radius 2 is 2.11 bits per heavy atom. The summed E-state index contributed by atoms with van der Waals surface area (Å²) in [5, 5.41) is 5.37. The maximum Gasteiger partial charge on any atom is 0.319 e. The van der Waals surface area contributed by atoms with Crippen LogP contribution >= 0.6 is 0 Å². The van der Waals surface area contributed by atoms with Gasteiger partial charge in [0.2, 0.25) is 0 Å². The van der Waals surface area contributed by atoms with E-state index in [0.29, 0.717) is 43.6 Å². The summed E-state index contributed by atoms with van der Waals surface area (Å²) in [4.78, 5) is 11.5. The molecule has 6 heteroatoms. The Kier molecular flexibility index (Phi) is 4.25. The molecule has 0 unspecified atom stereocenters. The fourth-order valence-electron chi connectivity index (χ4n) is 1.56. The number of nitrogens with one attached hydrogen (secondary N) is 2. The summed E-state index contributed by atoms with van der Waals surface area (Å²) >= 11 is 0. The van der Waals surface area contributed by atoms with Gasteiger partial charge in [-0.1, -0.05) is 0 Å². The largest absolute Gasteiger partial charge is 0.486 e. The second kappa shape index (κ2) is 6.11. The van der Waals surface area contributed by atoms with Crippen molar-refractivity contribution < 1.29 is 19.0 Å². The fourth-order valence-corrected chi connectivity index (χ4v) is 1.56. The number of methoxy groups -OCH3 is 1. The number of rotatable bonds is 4. The summed E-state index contributed by atoms with van der Waals surface area (Å²) in [7, 11) is 1.58. The highest BCUT2D eigenvalue weighted by Crippen LogP contribution is 2.32. The van der Waals surface area contributed by atoms with Gasteiger partial charge in [-0.05, 0) is 12.1 Å². The normalized spacial score (nSPS) is 12.9. The molecule has 0 aliphatic carbocycles. The number of amides is 2. The SMILES string of the molecule is COCCNC(=O)Nc1ccc2c(c1)OCCO2. The number of fused-ring (bicyclic) bond motifs is 1. The van der Waals surface area contributed by atoms with Crippen molar-refractivity contribution in [2.75, 3.05) is 38.8 Å². The van der Waals surface area contributed by atoms with Crippen molar-refractivity contribution in [1.82, 2.24) is 5.32 Å². The van der Waals surface area contributed by atoms with Gasteiger partial charge < -0.3 is 24.8 Å². The molecule has 0 spiro atoms. The molecule has 2 amide bonds. The molecule has 1 heterocycles. The molecular weight excluding hydrogens is 236 g/mol. The Hall–Kier alpha value is -1.95. The molecule has 2 N–H and O–H groups in total. The second-order valence-electron chi connectivity index (χ2n) is 3.73. The van der Waals surface area contributed by atoms with Gasteiger partial charge in [-0.25, -0.2) is 4.79 Å². The van der Waals surface area contributed by atoms with Crippen molar-refractivity contribution in [3.63, 3.8) is 0 Å². The highest BCUT2D eigenvalue weighted by Gasteiger charge is 2.12. The fraction of sp³-hybridized carbons (Fsp3) is 0.417. The quantitative estimate of drug-likeness (QED) is 0.791. The van der Waals surface area contributed by atoms with Crippen molar-refractivity contribution in [3.8, 4) is 11.5 Å². The lowest BCUT2D eigenvalue weighted by molar-refractivity contribution is 0.171. The number of carbonyl (C=O) groups is 1. The molecule has 6 nitrogen and oxygen atoms in total. The minimum Gasteiger partial charge on any atom is -0.486 e. The topological polar surface area (TPSA) is 68.8 Å². The van der Waals surface area contributed by atoms with Crippen molar-refractivity contribution in [2.24, 2.45) is 0 Å². The summed E-state index contributed by atoms with van der Waals surface area (Å²) in [5.74, 6) is 1.35. The first kappa shape index (κ1) is 12.5. The molecule has 0 saturated heterocycles. The Morgan fingerprint density at radius 3 is 2.89 bits per heavy atom. The van der Waals surface area contributed by atoms with Crippen molar-refractivity contribution in [3.05, 3.63) is 18.2 Å². The number of hydrogen-bond donors (Lipinski definition) is 2. The van der Waals surface area contributed by atoms with E-state index in [4.69, 9.17) is 14.2 Å². The van der Waals surface area contributed by atoms with E-state index in [-0.39, 0.29) is 6.03 Å². The van der Waals surface area contributed by atoms with E-state index in [2.05, 4.69) is 10.6 Å². The summed E-state index contributed by atoms with van der Waals surface area (Å²) in [6, 6.07) is 5.01. The molecule has 0 aromatic heterocycles. The number of benzene rings is 1. The maximum absolute atomic E-state index is 11.5. The smallest absolute Gasteiger partial charge is 0.319 e. The highest BCUT2D eigenvalue weighted by molar-refractivity contribution is 5.89. The number of urea groups is 1. The van der Waals surface area contributed by atoms with Crippen molar-refractivity contribution in [2.45, 2.75) is 0 Å². The van der Waals surface area contributed by atoms with Gasteiger partial charge in [0.25, 0.3) is 0 Å². The third-order valence-corrected chi connectivity index (χ3v) is 2.39. The third kappa shape index (κ3) is 3.27. The lowest BCUT2D eigenvalue weighted by atomic mass is 10.2. The molecule has 2 rings (SSSR count). The van der Waals surface area contributed by atoms with Crippen LogP contribution in [0.25, 0.3) is 0 Å². The van der Waals surface area contributed by atoms with Crippen LogP contribution in [-0.4, -0.2) is 39.5 Å². The molecule has 0 saturated carbocycles. The molecule has 1 aromatic rings. The summed E-state index contributed by atoms with van der Waals surface area (Å²) < 4.78 is 15.7. The molecule has 1 aliphatic heterocycles. The van der Waals surface area contributed by atoms with E-state index in [9.17, 15) is 4.79 Å². The highest BCUT2D eigenvalue weighted by atomic mass is 16.6. The molecule has 0 fully saturated rings. The Bertz CT molecular complexity index is 423. The first-order valence-electron chi connectivity index (χ1n) is 5.73. The Labute approximate surface area is 105 Å². The van der Waals surface area contributed by atoms with E-state index in [1.165, 1.54) is 0 Å². The summed E-state index contributed by atoms with van der Waals surface area (Å²) in [6.07, 6.45) is 0. The zero-order chi connectivity index (χ0) is 12.8. The van der Waals surface area contributed by atoms with Crippen LogP contribution in [0.3, 0.4) is 0 Å². The zero-order valence-electron chi connectivity index (χ0n) is 10.2. The Morgan fingerprint density at radius 1 is 1.33 bits per heavy atom. The van der Waals surface area contributed by atoms with Gasteiger partial charge in [0, 0.05) is 25.4 Å². The average molecular weight is 252 g/mol. The van der Waals surface area contributed by atoms with Crippen LogP contribution < -0.4 is 20.1 Å². The van der Waals surface area contributed by atoms with Crippen molar-refractivity contribution >= 4 is 11.7 Å². The number of hydrogen-bond acceptors (Lipinski definition) is 4. The van der Waals surface area contributed by atoms with Gasteiger partial charge in [-0.15, -0.1) is 0 Å². The average Bonchev–Trinajstić information content (AvgIpc) is 2.39. The number of ether oxygens (including phenoxy) is 3. The Balaban J connectivity index is 1.91. The van der Waals surface area contributed by atoms with Crippen LogP contribution in [0.1, 0.15) is 0 Å². The van der Waals surface area contributed by atoms with Crippen LogP contribution in [0.2, 0.25) is 0 Å². The minimum absolute atomic E-state index is 0.274. The van der Waals surface area contributed by atoms with E-state index < -0.39 is 0 Å². The monoisotopic (exact) mass is 252 g/mol. The number of carbonyl (C=O) groups excluding carboxylic acids is 1. The molecule has 18 heavy (non-hydrogen) atoms. The van der Waals surface area contributed by atoms with E-state index >= 15 is 0 Å².